The van der Waals surface area contributed by atoms with Crippen LogP contribution in [0.25, 0.3) is 11.0 Å². The van der Waals surface area contributed by atoms with Crippen molar-refractivity contribution in [3.8, 4) is 0 Å². The van der Waals surface area contributed by atoms with Crippen molar-refractivity contribution >= 4 is 16.9 Å². The number of carbonyl (C=O) groups is 1. The second-order valence-corrected chi connectivity index (χ2v) is 8.54. The van der Waals surface area contributed by atoms with Crippen molar-refractivity contribution in [2.45, 2.75) is 58.4 Å². The van der Waals surface area contributed by atoms with Crippen molar-refractivity contribution < 1.29 is 4.79 Å². The minimum Gasteiger partial charge on any atom is -0.342 e. The molecule has 0 radical (unpaired) electrons. The molecule has 0 saturated carbocycles. The van der Waals surface area contributed by atoms with Gasteiger partial charge in [0.25, 0.3) is 0 Å². The molecule has 1 aromatic heterocycles. The van der Waals surface area contributed by atoms with Crippen molar-refractivity contribution in [1.82, 2.24) is 14.5 Å². The molecule has 1 atom stereocenters. The molecule has 4 heteroatoms. The Balaban J connectivity index is 1.65. The zero-order chi connectivity index (χ0) is 20.4. The van der Waals surface area contributed by atoms with Crippen LogP contribution >= 0.6 is 0 Å². The minimum atomic E-state index is 0.168. The first kappa shape index (κ1) is 19.7. The topological polar surface area (TPSA) is 38.1 Å². The van der Waals surface area contributed by atoms with Crippen LogP contribution in [0.5, 0.6) is 0 Å². The van der Waals surface area contributed by atoms with Gasteiger partial charge in [-0.05, 0) is 35.6 Å². The van der Waals surface area contributed by atoms with Crippen LogP contribution in [-0.4, -0.2) is 33.4 Å². The van der Waals surface area contributed by atoms with Crippen molar-refractivity contribution in [2.75, 3.05) is 13.1 Å². The molecule has 0 aliphatic carbocycles. The number of aromatic nitrogens is 2. The molecule has 4 rings (SSSR count). The van der Waals surface area contributed by atoms with Crippen molar-refractivity contribution in [1.29, 1.82) is 0 Å². The zero-order valence-corrected chi connectivity index (χ0v) is 17.8. The van der Waals surface area contributed by atoms with E-state index in [2.05, 4.69) is 67.8 Å². The zero-order valence-electron chi connectivity index (χ0n) is 17.8. The lowest BCUT2D eigenvalue weighted by Crippen LogP contribution is -2.26. The summed E-state index contributed by atoms with van der Waals surface area (Å²) in [6.45, 7) is 9.04. The molecule has 0 N–H and O–H groups in total. The number of para-hydroxylation sites is 2. The molecule has 1 unspecified atom stereocenters. The fourth-order valence-corrected chi connectivity index (χ4v) is 4.27. The molecule has 3 aromatic rings. The molecule has 1 saturated heterocycles. The standard InChI is InChI=1S/C25H31N3O/c1-4-5-14-27-17-21(15-24(27)29)25-26-22-8-6-7-9-23(22)28(25)16-19-10-12-20(13-11-19)18(2)3/h6-13,18,21H,4-5,14-17H2,1-3H3. The molecule has 29 heavy (non-hydrogen) atoms. The van der Waals surface area contributed by atoms with E-state index >= 15 is 0 Å². The summed E-state index contributed by atoms with van der Waals surface area (Å²) in [6, 6.07) is 17.2. The van der Waals surface area contributed by atoms with Gasteiger partial charge >= 0.3 is 0 Å². The van der Waals surface area contributed by atoms with Crippen LogP contribution in [-0.2, 0) is 11.3 Å². The van der Waals surface area contributed by atoms with Crippen LogP contribution in [0, 0.1) is 0 Å². The summed E-state index contributed by atoms with van der Waals surface area (Å²) in [5.41, 5.74) is 4.79. The monoisotopic (exact) mass is 389 g/mol. The second-order valence-electron chi connectivity index (χ2n) is 8.54. The van der Waals surface area contributed by atoms with E-state index in [4.69, 9.17) is 4.98 Å². The number of benzene rings is 2. The quantitative estimate of drug-likeness (QED) is 0.548. The summed E-state index contributed by atoms with van der Waals surface area (Å²) >= 11 is 0. The van der Waals surface area contributed by atoms with Crippen LogP contribution < -0.4 is 0 Å². The SMILES string of the molecule is CCCCN1CC(c2nc3ccccc3n2Cc2ccc(C(C)C)cc2)CC1=O. The van der Waals surface area contributed by atoms with Gasteiger partial charge < -0.3 is 9.47 Å². The molecule has 1 aliphatic rings. The second kappa shape index (κ2) is 8.40. The van der Waals surface area contributed by atoms with Gasteiger partial charge in [0.05, 0.1) is 11.0 Å². The fourth-order valence-electron chi connectivity index (χ4n) is 4.27. The molecule has 0 spiro atoms. The molecule has 1 aliphatic heterocycles. The maximum absolute atomic E-state index is 12.5. The number of hydrogen-bond donors (Lipinski definition) is 0. The highest BCUT2D eigenvalue weighted by molar-refractivity contribution is 5.81. The number of amides is 1. The fraction of sp³-hybridized carbons (Fsp3) is 0.440. The normalized spacial score (nSPS) is 17.0. The van der Waals surface area contributed by atoms with Crippen molar-refractivity contribution in [3.05, 3.63) is 65.5 Å². The number of hydrogen-bond acceptors (Lipinski definition) is 2. The largest absolute Gasteiger partial charge is 0.342 e. The molecule has 1 amide bonds. The Hall–Kier alpha value is -2.62. The molecule has 4 nitrogen and oxygen atoms in total. The van der Waals surface area contributed by atoms with E-state index in [-0.39, 0.29) is 11.8 Å². The number of carbonyl (C=O) groups excluding carboxylic acids is 1. The predicted octanol–water partition coefficient (Wildman–Crippen LogP) is 5.32. The van der Waals surface area contributed by atoms with Gasteiger partial charge in [0.2, 0.25) is 5.91 Å². The van der Waals surface area contributed by atoms with E-state index in [0.29, 0.717) is 12.3 Å². The first-order valence-corrected chi connectivity index (χ1v) is 10.9. The van der Waals surface area contributed by atoms with Gasteiger partial charge in [-0.2, -0.15) is 0 Å². The van der Waals surface area contributed by atoms with Crippen molar-refractivity contribution in [3.63, 3.8) is 0 Å². The lowest BCUT2D eigenvalue weighted by atomic mass is 10.0. The average Bonchev–Trinajstić information content (AvgIpc) is 3.27. The van der Waals surface area contributed by atoms with E-state index in [0.717, 1.165) is 49.3 Å². The van der Waals surface area contributed by atoms with Gasteiger partial charge in [-0.3, -0.25) is 4.79 Å². The van der Waals surface area contributed by atoms with Crippen LogP contribution in [0.1, 0.15) is 68.8 Å². The van der Waals surface area contributed by atoms with E-state index in [1.807, 2.05) is 11.0 Å². The molecule has 2 heterocycles. The lowest BCUT2D eigenvalue weighted by Gasteiger charge is -2.17. The third-order valence-electron chi connectivity index (χ3n) is 6.03. The maximum atomic E-state index is 12.5. The minimum absolute atomic E-state index is 0.168. The van der Waals surface area contributed by atoms with Gasteiger partial charge in [0.15, 0.2) is 0 Å². The van der Waals surface area contributed by atoms with Gasteiger partial charge in [0, 0.05) is 32.0 Å². The summed E-state index contributed by atoms with van der Waals surface area (Å²) in [5.74, 6) is 2.02. The highest BCUT2D eigenvalue weighted by atomic mass is 16.2. The smallest absolute Gasteiger partial charge is 0.223 e. The van der Waals surface area contributed by atoms with Crippen molar-refractivity contribution in [2.24, 2.45) is 0 Å². The number of fused-ring (bicyclic) bond motifs is 1. The third-order valence-corrected chi connectivity index (χ3v) is 6.03. The summed E-state index contributed by atoms with van der Waals surface area (Å²) in [5, 5.41) is 0. The summed E-state index contributed by atoms with van der Waals surface area (Å²) in [6.07, 6.45) is 2.75. The Labute approximate surface area is 173 Å². The predicted molar refractivity (Wildman–Crippen MR) is 118 cm³/mol. The Bertz CT molecular complexity index is 987. The highest BCUT2D eigenvalue weighted by Crippen LogP contribution is 2.31. The highest BCUT2D eigenvalue weighted by Gasteiger charge is 2.33. The summed E-state index contributed by atoms with van der Waals surface area (Å²) in [7, 11) is 0. The molecule has 1 fully saturated rings. The van der Waals surface area contributed by atoms with Gasteiger partial charge in [-0.25, -0.2) is 4.98 Å². The number of nitrogens with zero attached hydrogens (tertiary/aromatic N) is 3. The summed E-state index contributed by atoms with van der Waals surface area (Å²) in [4.78, 5) is 19.5. The molecular formula is C25H31N3O. The average molecular weight is 390 g/mol. The molecule has 0 bridgehead atoms. The van der Waals surface area contributed by atoms with Crippen LogP contribution in [0.4, 0.5) is 0 Å². The first-order valence-electron chi connectivity index (χ1n) is 10.9. The number of unbranched alkanes of at least 4 members (excludes halogenated alkanes) is 1. The van der Waals surface area contributed by atoms with Crippen LogP contribution in [0.15, 0.2) is 48.5 Å². The molecular weight excluding hydrogens is 358 g/mol. The lowest BCUT2D eigenvalue weighted by molar-refractivity contribution is -0.127. The van der Waals surface area contributed by atoms with E-state index < -0.39 is 0 Å². The maximum Gasteiger partial charge on any atom is 0.223 e. The summed E-state index contributed by atoms with van der Waals surface area (Å²) < 4.78 is 2.32. The van der Waals surface area contributed by atoms with E-state index in [1.54, 1.807) is 0 Å². The van der Waals surface area contributed by atoms with E-state index in [1.165, 1.54) is 11.1 Å². The Morgan fingerprint density at radius 3 is 2.59 bits per heavy atom. The Kier molecular flexibility index (Phi) is 5.70. The Morgan fingerprint density at radius 2 is 1.86 bits per heavy atom. The Morgan fingerprint density at radius 1 is 1.10 bits per heavy atom. The van der Waals surface area contributed by atoms with Crippen LogP contribution in [0.2, 0.25) is 0 Å². The van der Waals surface area contributed by atoms with Gasteiger partial charge in [-0.1, -0.05) is 63.6 Å². The number of rotatable bonds is 7. The third kappa shape index (κ3) is 4.07. The van der Waals surface area contributed by atoms with E-state index in [9.17, 15) is 4.79 Å². The molecule has 2 aromatic carbocycles. The van der Waals surface area contributed by atoms with Gasteiger partial charge in [-0.15, -0.1) is 0 Å². The first-order chi connectivity index (χ1) is 14.1. The number of likely N-dealkylation sites (tertiary alicyclic amines) is 1. The van der Waals surface area contributed by atoms with Crippen LogP contribution in [0.3, 0.4) is 0 Å². The van der Waals surface area contributed by atoms with Gasteiger partial charge in [0.1, 0.15) is 5.82 Å². The number of imidazole rings is 1. The molecule has 152 valence electrons.